The SMILES string of the molecule is Cc1ncc(CNCC2CCN(C3CC3)C2)s1. The Hall–Kier alpha value is -0.450. The van der Waals surface area contributed by atoms with Gasteiger partial charge in [0.1, 0.15) is 0 Å². The van der Waals surface area contributed by atoms with Crippen LogP contribution in [-0.4, -0.2) is 35.6 Å². The van der Waals surface area contributed by atoms with E-state index in [-0.39, 0.29) is 0 Å². The van der Waals surface area contributed by atoms with Crippen LogP contribution >= 0.6 is 11.3 Å². The largest absolute Gasteiger partial charge is 0.311 e. The van der Waals surface area contributed by atoms with Gasteiger partial charge in [-0.2, -0.15) is 0 Å². The minimum atomic E-state index is 0.865. The maximum absolute atomic E-state index is 4.28. The smallest absolute Gasteiger partial charge is 0.0897 e. The van der Waals surface area contributed by atoms with Crippen LogP contribution in [0.3, 0.4) is 0 Å². The molecule has 94 valence electrons. The number of likely N-dealkylation sites (tertiary alicyclic amines) is 1. The van der Waals surface area contributed by atoms with Crippen LogP contribution in [0.1, 0.15) is 29.1 Å². The molecule has 1 aromatic heterocycles. The van der Waals surface area contributed by atoms with Crippen LogP contribution in [0.5, 0.6) is 0 Å². The van der Waals surface area contributed by atoms with Gasteiger partial charge in [0.25, 0.3) is 0 Å². The third-order valence-electron chi connectivity index (χ3n) is 3.78. The van der Waals surface area contributed by atoms with Crippen LogP contribution in [-0.2, 0) is 6.54 Å². The Balaban J connectivity index is 1.37. The van der Waals surface area contributed by atoms with Crippen molar-refractivity contribution in [1.82, 2.24) is 15.2 Å². The summed E-state index contributed by atoms with van der Waals surface area (Å²) in [6.07, 6.45) is 6.27. The van der Waals surface area contributed by atoms with E-state index in [1.807, 2.05) is 6.20 Å². The molecule has 1 saturated heterocycles. The van der Waals surface area contributed by atoms with Crippen molar-refractivity contribution < 1.29 is 0 Å². The number of aryl methyl sites for hydroxylation is 1. The van der Waals surface area contributed by atoms with Gasteiger partial charge in [0.15, 0.2) is 0 Å². The Labute approximate surface area is 107 Å². The second-order valence-electron chi connectivity index (χ2n) is 5.36. The van der Waals surface area contributed by atoms with Gasteiger partial charge >= 0.3 is 0 Å². The fraction of sp³-hybridized carbons (Fsp3) is 0.769. The van der Waals surface area contributed by atoms with Crippen LogP contribution in [0.2, 0.25) is 0 Å². The first-order valence-corrected chi connectivity index (χ1v) is 7.49. The first kappa shape index (κ1) is 11.6. The minimum absolute atomic E-state index is 0.865. The summed E-state index contributed by atoms with van der Waals surface area (Å²) >= 11 is 1.80. The predicted octanol–water partition coefficient (Wildman–Crippen LogP) is 2.03. The third kappa shape index (κ3) is 3.06. The normalized spacial score (nSPS) is 25.6. The van der Waals surface area contributed by atoms with E-state index in [0.717, 1.165) is 18.5 Å². The van der Waals surface area contributed by atoms with E-state index in [9.17, 15) is 0 Å². The van der Waals surface area contributed by atoms with Crippen LogP contribution in [0.25, 0.3) is 0 Å². The molecule has 1 aromatic rings. The molecule has 0 aromatic carbocycles. The zero-order chi connectivity index (χ0) is 11.7. The molecular formula is C13H21N3S. The maximum atomic E-state index is 4.28. The summed E-state index contributed by atoms with van der Waals surface area (Å²) < 4.78 is 0. The zero-order valence-electron chi connectivity index (χ0n) is 10.5. The van der Waals surface area contributed by atoms with Crippen molar-refractivity contribution in [3.8, 4) is 0 Å². The van der Waals surface area contributed by atoms with Gasteiger partial charge in [-0.1, -0.05) is 0 Å². The fourth-order valence-corrected chi connectivity index (χ4v) is 3.45. The monoisotopic (exact) mass is 251 g/mol. The van der Waals surface area contributed by atoms with E-state index in [4.69, 9.17) is 0 Å². The molecule has 2 heterocycles. The quantitative estimate of drug-likeness (QED) is 0.868. The summed E-state index contributed by atoms with van der Waals surface area (Å²) in [7, 11) is 0. The lowest BCUT2D eigenvalue weighted by Crippen LogP contribution is -2.27. The molecule has 1 saturated carbocycles. The summed E-state index contributed by atoms with van der Waals surface area (Å²) in [5.41, 5.74) is 0. The average molecular weight is 251 g/mol. The lowest BCUT2D eigenvalue weighted by molar-refractivity contribution is 0.312. The number of rotatable bonds is 5. The Morgan fingerprint density at radius 2 is 2.35 bits per heavy atom. The molecule has 1 aliphatic carbocycles. The molecule has 2 aliphatic rings. The first-order chi connectivity index (χ1) is 8.31. The molecule has 1 N–H and O–H groups in total. The van der Waals surface area contributed by atoms with Crippen LogP contribution < -0.4 is 5.32 Å². The molecule has 17 heavy (non-hydrogen) atoms. The molecule has 1 atom stereocenters. The van der Waals surface area contributed by atoms with Gasteiger partial charge in [-0.3, -0.25) is 0 Å². The van der Waals surface area contributed by atoms with Crippen LogP contribution in [0, 0.1) is 12.8 Å². The number of nitrogens with one attached hydrogen (secondary N) is 1. The molecule has 2 fully saturated rings. The molecule has 0 radical (unpaired) electrons. The van der Waals surface area contributed by atoms with Gasteiger partial charge in [-0.25, -0.2) is 4.98 Å². The van der Waals surface area contributed by atoms with Gasteiger partial charge in [-0.05, 0) is 45.2 Å². The fourth-order valence-electron chi connectivity index (χ4n) is 2.69. The molecule has 3 rings (SSSR count). The Morgan fingerprint density at radius 3 is 3.06 bits per heavy atom. The third-order valence-corrected chi connectivity index (χ3v) is 4.69. The average Bonchev–Trinajstić information content (AvgIpc) is 2.93. The van der Waals surface area contributed by atoms with Crippen LogP contribution in [0.4, 0.5) is 0 Å². The van der Waals surface area contributed by atoms with Gasteiger partial charge in [0, 0.05) is 30.2 Å². The number of aromatic nitrogens is 1. The highest BCUT2D eigenvalue weighted by Crippen LogP contribution is 2.31. The first-order valence-electron chi connectivity index (χ1n) is 6.67. The lowest BCUT2D eigenvalue weighted by Gasteiger charge is -2.14. The van der Waals surface area contributed by atoms with Gasteiger partial charge in [0.2, 0.25) is 0 Å². The summed E-state index contributed by atoms with van der Waals surface area (Å²) in [6.45, 7) is 6.88. The highest BCUT2D eigenvalue weighted by molar-refractivity contribution is 7.11. The van der Waals surface area contributed by atoms with Gasteiger partial charge in [-0.15, -0.1) is 11.3 Å². The van der Waals surface area contributed by atoms with E-state index in [2.05, 4.69) is 22.1 Å². The summed E-state index contributed by atoms with van der Waals surface area (Å²) in [5.74, 6) is 0.865. The van der Waals surface area contributed by atoms with Crippen molar-refractivity contribution in [1.29, 1.82) is 0 Å². The summed E-state index contributed by atoms with van der Waals surface area (Å²) in [5, 5.41) is 4.75. The summed E-state index contributed by atoms with van der Waals surface area (Å²) in [6, 6.07) is 0.948. The van der Waals surface area contributed by atoms with E-state index in [0.29, 0.717) is 0 Å². The molecule has 0 amide bonds. The molecule has 4 heteroatoms. The van der Waals surface area contributed by atoms with E-state index in [1.165, 1.54) is 48.8 Å². The Bertz CT molecular complexity index is 372. The van der Waals surface area contributed by atoms with E-state index in [1.54, 1.807) is 11.3 Å². The molecule has 1 aliphatic heterocycles. The number of thiazole rings is 1. The molecule has 3 nitrogen and oxygen atoms in total. The number of hydrogen-bond donors (Lipinski definition) is 1. The highest BCUT2D eigenvalue weighted by Gasteiger charge is 2.33. The minimum Gasteiger partial charge on any atom is -0.311 e. The number of nitrogens with zero attached hydrogens (tertiary/aromatic N) is 2. The van der Waals surface area contributed by atoms with Crippen LogP contribution in [0.15, 0.2) is 6.20 Å². The van der Waals surface area contributed by atoms with Crippen molar-refractivity contribution in [3.05, 3.63) is 16.1 Å². The topological polar surface area (TPSA) is 28.2 Å². The second-order valence-corrected chi connectivity index (χ2v) is 6.68. The maximum Gasteiger partial charge on any atom is 0.0897 e. The molecule has 1 unspecified atom stereocenters. The number of hydrogen-bond acceptors (Lipinski definition) is 4. The van der Waals surface area contributed by atoms with Crippen molar-refractivity contribution in [3.63, 3.8) is 0 Å². The highest BCUT2D eigenvalue weighted by atomic mass is 32.1. The predicted molar refractivity (Wildman–Crippen MR) is 71.3 cm³/mol. The second kappa shape index (κ2) is 5.04. The van der Waals surface area contributed by atoms with Crippen molar-refractivity contribution in [2.75, 3.05) is 19.6 Å². The molecule has 0 spiro atoms. The van der Waals surface area contributed by atoms with Crippen molar-refractivity contribution in [2.45, 2.75) is 38.8 Å². The standard InChI is InChI=1S/C13H21N3S/c1-10-15-8-13(17-10)7-14-6-11-4-5-16(9-11)12-2-3-12/h8,11-12,14H,2-7,9H2,1H3. The Kier molecular flexibility index (Phi) is 3.45. The summed E-state index contributed by atoms with van der Waals surface area (Å²) in [4.78, 5) is 8.33. The van der Waals surface area contributed by atoms with E-state index >= 15 is 0 Å². The Morgan fingerprint density at radius 1 is 1.47 bits per heavy atom. The van der Waals surface area contributed by atoms with Gasteiger partial charge in [0.05, 0.1) is 5.01 Å². The van der Waals surface area contributed by atoms with Gasteiger partial charge < -0.3 is 10.2 Å². The van der Waals surface area contributed by atoms with E-state index < -0.39 is 0 Å². The lowest BCUT2D eigenvalue weighted by atomic mass is 10.1. The zero-order valence-corrected chi connectivity index (χ0v) is 11.3. The van der Waals surface area contributed by atoms with Crippen molar-refractivity contribution >= 4 is 11.3 Å². The van der Waals surface area contributed by atoms with Crippen molar-refractivity contribution in [2.24, 2.45) is 5.92 Å². The molecule has 0 bridgehead atoms. The molecular weight excluding hydrogens is 230 g/mol.